The average Bonchev–Trinajstić information content (AvgIpc) is 2.78. The van der Waals surface area contributed by atoms with Crippen LogP contribution >= 0.6 is 0 Å². The van der Waals surface area contributed by atoms with Crippen molar-refractivity contribution in [3.63, 3.8) is 0 Å². The Morgan fingerprint density at radius 3 is 2.43 bits per heavy atom. The van der Waals surface area contributed by atoms with Crippen molar-refractivity contribution in [3.8, 4) is 11.5 Å². The van der Waals surface area contributed by atoms with Crippen molar-refractivity contribution in [1.29, 1.82) is 0 Å². The van der Waals surface area contributed by atoms with Gasteiger partial charge >= 0.3 is 18.1 Å². The van der Waals surface area contributed by atoms with E-state index in [4.69, 9.17) is 9.47 Å². The maximum Gasteiger partial charge on any atom is 0.471 e. The molecular weight excluding hydrogens is 471 g/mol. The van der Waals surface area contributed by atoms with Gasteiger partial charge in [0, 0.05) is 12.0 Å². The van der Waals surface area contributed by atoms with Crippen LogP contribution in [0.3, 0.4) is 0 Å². The molecule has 1 aliphatic heterocycles. The fourth-order valence-corrected chi connectivity index (χ4v) is 4.27. The molecule has 8 nitrogen and oxygen atoms in total. The lowest BCUT2D eigenvalue weighted by Crippen LogP contribution is -2.64. The minimum atomic E-state index is -5.14. The smallest absolute Gasteiger partial charge is 0.471 e. The molecule has 1 fully saturated rings. The number of hydrogen-bond donors (Lipinski definition) is 3. The first-order valence-electron chi connectivity index (χ1n) is 10.7. The Morgan fingerprint density at radius 1 is 1.17 bits per heavy atom. The van der Waals surface area contributed by atoms with Gasteiger partial charge in [-0.05, 0) is 31.5 Å². The summed E-state index contributed by atoms with van der Waals surface area (Å²) in [5, 5.41) is 22.7. The van der Waals surface area contributed by atoms with Gasteiger partial charge in [-0.25, -0.2) is 4.79 Å². The number of ether oxygens (including phenoxy) is 3. The zero-order chi connectivity index (χ0) is 26.0. The third-order valence-electron chi connectivity index (χ3n) is 5.90. The van der Waals surface area contributed by atoms with E-state index in [9.17, 15) is 33.0 Å². The molecular formula is C24H26F3NO7. The van der Waals surface area contributed by atoms with Crippen molar-refractivity contribution in [2.75, 3.05) is 7.11 Å². The highest BCUT2D eigenvalue weighted by molar-refractivity contribution is 5.95. The summed E-state index contributed by atoms with van der Waals surface area (Å²) in [4.78, 5) is 23.9. The lowest BCUT2D eigenvalue weighted by Gasteiger charge is -2.48. The van der Waals surface area contributed by atoms with Gasteiger partial charge in [-0.15, -0.1) is 0 Å². The zero-order valence-electron chi connectivity index (χ0n) is 19.3. The number of carbonyl (C=O) groups excluding carboxylic acids is 2. The van der Waals surface area contributed by atoms with Crippen molar-refractivity contribution in [1.82, 2.24) is 5.32 Å². The number of benzene rings is 2. The Kier molecular flexibility index (Phi) is 7.61. The van der Waals surface area contributed by atoms with Gasteiger partial charge in [0.15, 0.2) is 0 Å². The fourth-order valence-electron chi connectivity index (χ4n) is 4.27. The highest BCUT2D eigenvalue weighted by Gasteiger charge is 2.51. The van der Waals surface area contributed by atoms with E-state index in [1.54, 1.807) is 37.3 Å². The topological polar surface area (TPSA) is 114 Å². The molecule has 3 rings (SSSR count). The molecule has 2 aromatic carbocycles. The minimum Gasteiger partial charge on any atom is -0.507 e. The summed E-state index contributed by atoms with van der Waals surface area (Å²) in [5.74, 6) is -4.34. The summed E-state index contributed by atoms with van der Waals surface area (Å²) in [5.41, 5.74) is -1.29. The first-order valence-corrected chi connectivity index (χ1v) is 10.7. The number of rotatable bonds is 6. The molecule has 0 bridgehead atoms. The number of carbonyl (C=O) groups is 2. The van der Waals surface area contributed by atoms with Gasteiger partial charge < -0.3 is 29.7 Å². The predicted molar refractivity (Wildman–Crippen MR) is 117 cm³/mol. The molecule has 4 atom stereocenters. The molecule has 1 saturated heterocycles. The first-order chi connectivity index (χ1) is 16.4. The average molecular weight is 497 g/mol. The lowest BCUT2D eigenvalue weighted by molar-refractivity contribution is -0.196. The molecule has 190 valence electrons. The number of alkyl halides is 3. The van der Waals surface area contributed by atoms with Crippen LogP contribution in [-0.4, -0.2) is 53.1 Å². The highest BCUT2D eigenvalue weighted by Crippen LogP contribution is 2.44. The maximum absolute atomic E-state index is 13.2. The van der Waals surface area contributed by atoms with Gasteiger partial charge in [-0.3, -0.25) is 4.79 Å². The summed E-state index contributed by atoms with van der Waals surface area (Å²) >= 11 is 0. The van der Waals surface area contributed by atoms with Crippen molar-refractivity contribution in [2.45, 2.75) is 56.9 Å². The summed E-state index contributed by atoms with van der Waals surface area (Å²) < 4.78 is 56.0. The number of phenols is 2. The predicted octanol–water partition coefficient (Wildman–Crippen LogP) is 3.76. The largest absolute Gasteiger partial charge is 0.507 e. The maximum atomic E-state index is 13.2. The van der Waals surface area contributed by atoms with Crippen LogP contribution in [0.1, 0.15) is 47.9 Å². The SMILES string of the molecule is COC(=O)c1c(O)ccc([C@@H]2C[C@@](C)(NC(=O)C(F)(F)F)[C@H](OCc3ccccc3)C(C)O2)c1O. The third kappa shape index (κ3) is 5.68. The van der Waals surface area contributed by atoms with E-state index in [-0.39, 0.29) is 18.6 Å². The fraction of sp³-hybridized carbons (Fsp3) is 0.417. The van der Waals surface area contributed by atoms with Crippen LogP contribution in [0.25, 0.3) is 0 Å². The van der Waals surface area contributed by atoms with Crippen molar-refractivity contribution < 1.29 is 47.2 Å². The molecule has 35 heavy (non-hydrogen) atoms. The molecule has 1 amide bonds. The van der Waals surface area contributed by atoms with Crippen molar-refractivity contribution in [3.05, 3.63) is 59.2 Å². The van der Waals surface area contributed by atoms with Gasteiger partial charge in [-0.1, -0.05) is 30.3 Å². The molecule has 3 N–H and O–H groups in total. The number of amides is 1. The molecule has 0 radical (unpaired) electrons. The van der Waals surface area contributed by atoms with Crippen LogP contribution in [0.5, 0.6) is 11.5 Å². The number of methoxy groups -OCH3 is 1. The zero-order valence-corrected chi connectivity index (χ0v) is 19.3. The second kappa shape index (κ2) is 10.1. The molecule has 1 unspecified atom stereocenters. The number of aromatic hydroxyl groups is 2. The van der Waals surface area contributed by atoms with Crippen LogP contribution in [0.2, 0.25) is 0 Å². The summed E-state index contributed by atoms with van der Waals surface area (Å²) in [6, 6.07) is 11.4. The van der Waals surface area contributed by atoms with E-state index in [2.05, 4.69) is 4.74 Å². The van der Waals surface area contributed by atoms with Gasteiger partial charge in [0.25, 0.3) is 0 Å². The number of hydrogen-bond acceptors (Lipinski definition) is 7. The Balaban J connectivity index is 1.96. The van der Waals surface area contributed by atoms with Crippen LogP contribution in [0.15, 0.2) is 42.5 Å². The van der Waals surface area contributed by atoms with Crippen LogP contribution in [-0.2, 0) is 25.6 Å². The van der Waals surface area contributed by atoms with Gasteiger partial charge in [0.2, 0.25) is 0 Å². The minimum absolute atomic E-state index is 0.0315. The number of esters is 1. The Bertz CT molecular complexity index is 1080. The Labute approximate surface area is 199 Å². The van der Waals surface area contributed by atoms with E-state index in [1.165, 1.54) is 13.0 Å². The summed E-state index contributed by atoms with van der Waals surface area (Å²) in [6.45, 7) is 3.02. The van der Waals surface area contributed by atoms with E-state index in [0.29, 0.717) is 0 Å². The normalized spacial score (nSPS) is 24.6. The lowest BCUT2D eigenvalue weighted by atomic mass is 9.80. The Hall–Kier alpha value is -3.31. The standard InChI is InChI=1S/C24H26F3NO7/c1-13-20(34-12-14-7-5-4-6-8-14)23(2,28-22(32)24(25,26)27)11-17(35-13)15-9-10-16(29)18(19(15)30)21(31)33-3/h4-10,13,17,20,29-30H,11-12H2,1-3H3,(H,28,32)/t13?,17-,20+,23+/m0/s1. The molecule has 11 heteroatoms. The Morgan fingerprint density at radius 2 is 1.83 bits per heavy atom. The van der Waals surface area contributed by atoms with Gasteiger partial charge in [0.1, 0.15) is 23.2 Å². The van der Waals surface area contributed by atoms with Crippen LogP contribution in [0.4, 0.5) is 13.2 Å². The van der Waals surface area contributed by atoms with Crippen LogP contribution in [0, 0.1) is 0 Å². The molecule has 0 spiro atoms. The third-order valence-corrected chi connectivity index (χ3v) is 5.90. The number of phenolic OH excluding ortho intramolecular Hbond substituents is 2. The number of halogens is 3. The quantitative estimate of drug-likeness (QED) is 0.521. The monoisotopic (exact) mass is 497 g/mol. The molecule has 1 aliphatic rings. The van der Waals surface area contributed by atoms with Gasteiger partial charge in [-0.2, -0.15) is 13.2 Å². The van der Waals surface area contributed by atoms with E-state index in [1.807, 2.05) is 5.32 Å². The summed E-state index contributed by atoms with van der Waals surface area (Å²) in [6.07, 6.45) is -8.26. The molecule has 0 aromatic heterocycles. The molecule has 0 aliphatic carbocycles. The number of nitrogens with one attached hydrogen (secondary N) is 1. The second-order valence-corrected chi connectivity index (χ2v) is 8.51. The second-order valence-electron chi connectivity index (χ2n) is 8.51. The van der Waals surface area contributed by atoms with E-state index >= 15 is 0 Å². The van der Waals surface area contributed by atoms with Crippen molar-refractivity contribution >= 4 is 11.9 Å². The van der Waals surface area contributed by atoms with E-state index in [0.717, 1.165) is 18.7 Å². The molecule has 2 aromatic rings. The van der Waals surface area contributed by atoms with Crippen LogP contribution < -0.4 is 5.32 Å². The first kappa shape index (κ1) is 26.3. The molecule has 1 heterocycles. The van der Waals surface area contributed by atoms with Gasteiger partial charge in [0.05, 0.1) is 31.5 Å². The van der Waals surface area contributed by atoms with E-state index < -0.39 is 59.0 Å². The molecule has 0 saturated carbocycles. The van der Waals surface area contributed by atoms with Crippen molar-refractivity contribution in [2.24, 2.45) is 0 Å². The summed E-state index contributed by atoms with van der Waals surface area (Å²) in [7, 11) is 1.06. The highest BCUT2D eigenvalue weighted by atomic mass is 19.4.